The van der Waals surface area contributed by atoms with E-state index < -0.39 is 0 Å². The fraction of sp³-hybridized carbons (Fsp3) is 0.231. The minimum Gasteiger partial charge on any atom is -0.497 e. The molecule has 1 atom stereocenters. The standard InChI is InChI=1S/C26H28N2O4S/c1-5-24(26(30)28-20-13-21(31-3)16-22(14-20)32-4)33-23-8-6-7-19(15-23)27-25(29)18-11-9-17(2)10-12-18/h6-16,24H,5H2,1-4H3,(H,27,29)(H,28,30). The van der Waals surface area contributed by atoms with Crippen molar-refractivity contribution in [2.24, 2.45) is 0 Å². The van der Waals surface area contributed by atoms with E-state index in [0.717, 1.165) is 10.5 Å². The highest BCUT2D eigenvalue weighted by molar-refractivity contribution is 8.00. The van der Waals surface area contributed by atoms with Gasteiger partial charge < -0.3 is 20.1 Å². The molecule has 0 aliphatic heterocycles. The molecular formula is C26H28N2O4S. The summed E-state index contributed by atoms with van der Waals surface area (Å²) in [4.78, 5) is 26.4. The van der Waals surface area contributed by atoms with Crippen LogP contribution in [-0.4, -0.2) is 31.3 Å². The van der Waals surface area contributed by atoms with Gasteiger partial charge in [0.2, 0.25) is 5.91 Å². The van der Waals surface area contributed by atoms with Crippen LogP contribution in [0, 0.1) is 6.92 Å². The van der Waals surface area contributed by atoms with E-state index in [1.807, 2.05) is 50.2 Å². The predicted molar refractivity (Wildman–Crippen MR) is 134 cm³/mol. The number of hydrogen-bond donors (Lipinski definition) is 2. The van der Waals surface area contributed by atoms with Crippen molar-refractivity contribution in [1.29, 1.82) is 0 Å². The van der Waals surface area contributed by atoms with Crippen LogP contribution in [0.4, 0.5) is 11.4 Å². The Morgan fingerprint density at radius 3 is 2.15 bits per heavy atom. The van der Waals surface area contributed by atoms with Crippen LogP contribution in [0.15, 0.2) is 71.6 Å². The Balaban J connectivity index is 1.68. The molecule has 0 aliphatic carbocycles. The Kier molecular flexibility index (Phi) is 8.38. The Bertz CT molecular complexity index is 1090. The molecule has 0 heterocycles. The normalized spacial score (nSPS) is 11.4. The number of aryl methyl sites for hydroxylation is 1. The second-order valence-electron chi connectivity index (χ2n) is 7.45. The predicted octanol–water partition coefficient (Wildman–Crippen LogP) is 5.77. The first-order valence-electron chi connectivity index (χ1n) is 10.6. The third-order valence-corrected chi connectivity index (χ3v) is 6.32. The van der Waals surface area contributed by atoms with Gasteiger partial charge in [0.25, 0.3) is 5.91 Å². The molecule has 0 saturated heterocycles. The first-order chi connectivity index (χ1) is 15.9. The number of carbonyl (C=O) groups is 2. The van der Waals surface area contributed by atoms with Crippen molar-refractivity contribution in [2.75, 3.05) is 24.9 Å². The first-order valence-corrected chi connectivity index (χ1v) is 11.5. The smallest absolute Gasteiger partial charge is 0.255 e. The van der Waals surface area contributed by atoms with Gasteiger partial charge in [-0.25, -0.2) is 0 Å². The van der Waals surface area contributed by atoms with E-state index in [0.29, 0.717) is 34.9 Å². The lowest BCUT2D eigenvalue weighted by Crippen LogP contribution is -2.24. The molecule has 0 aromatic heterocycles. The summed E-state index contributed by atoms with van der Waals surface area (Å²) in [5.74, 6) is 0.908. The molecule has 0 spiro atoms. The number of methoxy groups -OCH3 is 2. The number of carbonyl (C=O) groups excluding carboxylic acids is 2. The van der Waals surface area contributed by atoms with Crippen molar-refractivity contribution in [3.05, 3.63) is 77.9 Å². The van der Waals surface area contributed by atoms with Crippen molar-refractivity contribution in [2.45, 2.75) is 30.4 Å². The zero-order chi connectivity index (χ0) is 23.8. The van der Waals surface area contributed by atoms with Gasteiger partial charge in [0.05, 0.1) is 19.5 Å². The highest BCUT2D eigenvalue weighted by atomic mass is 32.2. The van der Waals surface area contributed by atoms with E-state index in [4.69, 9.17) is 9.47 Å². The number of hydrogen-bond acceptors (Lipinski definition) is 5. The van der Waals surface area contributed by atoms with Crippen LogP contribution in [-0.2, 0) is 4.79 Å². The lowest BCUT2D eigenvalue weighted by Gasteiger charge is -2.16. The molecule has 3 aromatic carbocycles. The molecule has 0 saturated carbocycles. The van der Waals surface area contributed by atoms with Crippen LogP contribution in [0.3, 0.4) is 0 Å². The molecule has 7 heteroatoms. The van der Waals surface area contributed by atoms with E-state index in [9.17, 15) is 9.59 Å². The second-order valence-corrected chi connectivity index (χ2v) is 8.73. The summed E-state index contributed by atoms with van der Waals surface area (Å²) in [6, 6.07) is 20.2. The number of benzene rings is 3. The maximum absolute atomic E-state index is 12.9. The number of anilines is 2. The molecule has 3 aromatic rings. The molecule has 2 N–H and O–H groups in total. The minimum atomic E-state index is -0.315. The lowest BCUT2D eigenvalue weighted by atomic mass is 10.1. The maximum Gasteiger partial charge on any atom is 0.255 e. The summed E-state index contributed by atoms with van der Waals surface area (Å²) in [6.45, 7) is 3.94. The molecule has 0 fully saturated rings. The molecule has 0 bridgehead atoms. The minimum absolute atomic E-state index is 0.119. The highest BCUT2D eigenvalue weighted by Gasteiger charge is 2.19. The van der Waals surface area contributed by atoms with E-state index in [1.54, 1.807) is 44.6 Å². The Labute approximate surface area is 198 Å². The van der Waals surface area contributed by atoms with Crippen molar-refractivity contribution >= 4 is 35.0 Å². The molecule has 2 amide bonds. The molecule has 6 nitrogen and oxygen atoms in total. The lowest BCUT2D eigenvalue weighted by molar-refractivity contribution is -0.115. The maximum atomic E-state index is 12.9. The van der Waals surface area contributed by atoms with Gasteiger partial charge in [-0.1, -0.05) is 30.7 Å². The van der Waals surface area contributed by atoms with E-state index in [2.05, 4.69) is 10.6 Å². The van der Waals surface area contributed by atoms with E-state index >= 15 is 0 Å². The highest BCUT2D eigenvalue weighted by Crippen LogP contribution is 2.30. The molecule has 0 aliphatic rings. The number of thioether (sulfide) groups is 1. The van der Waals surface area contributed by atoms with E-state index in [1.165, 1.54) is 11.8 Å². The fourth-order valence-electron chi connectivity index (χ4n) is 3.14. The van der Waals surface area contributed by atoms with Gasteiger partial charge in [0.1, 0.15) is 11.5 Å². The summed E-state index contributed by atoms with van der Waals surface area (Å²) in [6.07, 6.45) is 0.636. The first kappa shape index (κ1) is 24.2. The summed E-state index contributed by atoms with van der Waals surface area (Å²) >= 11 is 1.45. The van der Waals surface area contributed by atoms with Crippen molar-refractivity contribution in [3.63, 3.8) is 0 Å². The molecule has 172 valence electrons. The second kappa shape index (κ2) is 11.4. The number of rotatable bonds is 9. The SMILES string of the molecule is CCC(Sc1cccc(NC(=O)c2ccc(C)cc2)c1)C(=O)Nc1cc(OC)cc(OC)c1. The summed E-state index contributed by atoms with van der Waals surface area (Å²) in [7, 11) is 3.13. The van der Waals surface area contributed by atoms with Gasteiger partial charge in [-0.2, -0.15) is 0 Å². The topological polar surface area (TPSA) is 76.7 Å². The van der Waals surface area contributed by atoms with Gasteiger partial charge >= 0.3 is 0 Å². The van der Waals surface area contributed by atoms with Gasteiger partial charge in [-0.05, 0) is 43.7 Å². The third-order valence-electron chi connectivity index (χ3n) is 4.97. The van der Waals surface area contributed by atoms with Gasteiger partial charge in [-0.15, -0.1) is 11.8 Å². The number of amides is 2. The van der Waals surface area contributed by atoms with Crippen LogP contribution < -0.4 is 20.1 Å². The Morgan fingerprint density at radius 1 is 0.879 bits per heavy atom. The number of ether oxygens (including phenoxy) is 2. The largest absolute Gasteiger partial charge is 0.497 e. The van der Waals surface area contributed by atoms with Crippen molar-refractivity contribution in [1.82, 2.24) is 0 Å². The summed E-state index contributed by atoms with van der Waals surface area (Å²) in [5, 5.41) is 5.55. The summed E-state index contributed by atoms with van der Waals surface area (Å²) in [5.41, 5.74) is 2.98. The van der Waals surface area contributed by atoms with Gasteiger partial charge in [0.15, 0.2) is 0 Å². The van der Waals surface area contributed by atoms with Crippen LogP contribution in [0.5, 0.6) is 11.5 Å². The average Bonchev–Trinajstić information content (AvgIpc) is 2.82. The quantitative estimate of drug-likeness (QED) is 0.393. The molecule has 3 rings (SSSR count). The average molecular weight is 465 g/mol. The van der Waals surface area contributed by atoms with Gasteiger partial charge in [0, 0.05) is 40.0 Å². The Morgan fingerprint density at radius 2 is 1.55 bits per heavy atom. The zero-order valence-electron chi connectivity index (χ0n) is 19.2. The molecule has 1 unspecified atom stereocenters. The van der Waals surface area contributed by atoms with Crippen LogP contribution >= 0.6 is 11.8 Å². The van der Waals surface area contributed by atoms with Crippen LogP contribution in [0.2, 0.25) is 0 Å². The summed E-state index contributed by atoms with van der Waals surface area (Å²) < 4.78 is 10.5. The van der Waals surface area contributed by atoms with Crippen LogP contribution in [0.1, 0.15) is 29.3 Å². The van der Waals surface area contributed by atoms with E-state index in [-0.39, 0.29) is 17.1 Å². The zero-order valence-corrected chi connectivity index (χ0v) is 20.0. The van der Waals surface area contributed by atoms with Crippen molar-refractivity contribution < 1.29 is 19.1 Å². The van der Waals surface area contributed by atoms with Gasteiger partial charge in [-0.3, -0.25) is 9.59 Å². The molecular weight excluding hydrogens is 436 g/mol. The molecule has 33 heavy (non-hydrogen) atoms. The Hall–Kier alpha value is -3.45. The van der Waals surface area contributed by atoms with Crippen LogP contribution in [0.25, 0.3) is 0 Å². The third kappa shape index (κ3) is 6.76. The van der Waals surface area contributed by atoms with Crippen molar-refractivity contribution in [3.8, 4) is 11.5 Å². The fourth-order valence-corrected chi connectivity index (χ4v) is 4.16. The molecule has 0 radical (unpaired) electrons. The monoisotopic (exact) mass is 464 g/mol. The number of nitrogens with one attached hydrogen (secondary N) is 2.